The van der Waals surface area contributed by atoms with Gasteiger partial charge in [-0.1, -0.05) is 5.16 Å². The van der Waals surface area contributed by atoms with Gasteiger partial charge >= 0.3 is 0 Å². The average Bonchev–Trinajstić information content (AvgIpc) is 2.80. The van der Waals surface area contributed by atoms with Crippen molar-refractivity contribution in [3.63, 3.8) is 0 Å². The summed E-state index contributed by atoms with van der Waals surface area (Å²) in [5, 5.41) is 11.8. The molecular weight excluding hydrogens is 204 g/mol. The summed E-state index contributed by atoms with van der Waals surface area (Å²) >= 11 is 0. The average molecular weight is 218 g/mol. The Bertz CT molecular complexity index is 408. The Morgan fingerprint density at radius 1 is 1.19 bits per heavy atom. The molecule has 0 fully saturated rings. The molecule has 2 rings (SSSR count). The fraction of sp³-hybridized carbons (Fsp3) is 0.364. The number of anilines is 1. The van der Waals surface area contributed by atoms with Crippen molar-refractivity contribution in [3.8, 4) is 0 Å². The fourth-order valence-electron chi connectivity index (χ4n) is 1.30. The van der Waals surface area contributed by atoms with Crippen LogP contribution in [-0.2, 0) is 4.84 Å². The van der Waals surface area contributed by atoms with E-state index in [0.717, 1.165) is 17.8 Å². The van der Waals surface area contributed by atoms with Crippen LogP contribution in [0.15, 0.2) is 39.6 Å². The summed E-state index contributed by atoms with van der Waals surface area (Å²) in [6.45, 7) is 0.605. The number of amidine groups is 1. The largest absolute Gasteiger partial charge is 0.394 e. The van der Waals surface area contributed by atoms with Crippen LogP contribution in [-0.4, -0.2) is 26.5 Å². The first-order valence-corrected chi connectivity index (χ1v) is 5.14. The van der Waals surface area contributed by atoms with Gasteiger partial charge in [-0.3, -0.25) is 0 Å². The second-order valence-corrected chi connectivity index (χ2v) is 3.70. The van der Waals surface area contributed by atoms with E-state index < -0.39 is 0 Å². The van der Waals surface area contributed by atoms with Crippen molar-refractivity contribution in [2.24, 2.45) is 15.4 Å². The Kier molecular flexibility index (Phi) is 3.14. The Morgan fingerprint density at radius 2 is 1.94 bits per heavy atom. The molecule has 0 saturated carbocycles. The molecule has 0 aromatic heterocycles. The van der Waals surface area contributed by atoms with Gasteiger partial charge < -0.3 is 9.74 Å². The van der Waals surface area contributed by atoms with Crippen molar-refractivity contribution >= 4 is 17.2 Å². The number of hydrogen-bond donors (Lipinski definition) is 0. The molecule has 0 unspecified atom stereocenters. The van der Waals surface area contributed by atoms with E-state index >= 15 is 0 Å². The van der Waals surface area contributed by atoms with E-state index in [4.69, 9.17) is 4.84 Å². The van der Waals surface area contributed by atoms with Gasteiger partial charge in [0, 0.05) is 26.2 Å². The van der Waals surface area contributed by atoms with Gasteiger partial charge in [0.05, 0.1) is 5.69 Å². The molecule has 5 nitrogen and oxygen atoms in total. The van der Waals surface area contributed by atoms with E-state index in [1.165, 1.54) is 0 Å². The highest BCUT2D eigenvalue weighted by molar-refractivity contribution is 5.83. The van der Waals surface area contributed by atoms with Crippen LogP contribution < -0.4 is 4.90 Å². The number of hydrogen-bond acceptors (Lipinski definition) is 5. The number of azo groups is 1. The van der Waals surface area contributed by atoms with Crippen molar-refractivity contribution in [2.75, 3.05) is 25.6 Å². The molecule has 0 N–H and O–H groups in total. The van der Waals surface area contributed by atoms with Gasteiger partial charge in [-0.25, -0.2) is 0 Å². The molecular formula is C11H14N4O. The van der Waals surface area contributed by atoms with Gasteiger partial charge in [-0.05, 0) is 24.3 Å². The van der Waals surface area contributed by atoms with Crippen LogP contribution >= 0.6 is 0 Å². The van der Waals surface area contributed by atoms with E-state index in [-0.39, 0.29) is 0 Å². The van der Waals surface area contributed by atoms with E-state index in [9.17, 15) is 0 Å². The zero-order chi connectivity index (χ0) is 11.4. The van der Waals surface area contributed by atoms with Gasteiger partial charge in [0.1, 0.15) is 6.61 Å². The lowest BCUT2D eigenvalue weighted by atomic mass is 10.3. The first-order valence-electron chi connectivity index (χ1n) is 5.14. The minimum atomic E-state index is 0.605. The molecule has 0 bridgehead atoms. The number of nitrogens with zero attached hydrogens (tertiary/aromatic N) is 4. The maximum atomic E-state index is 4.82. The highest BCUT2D eigenvalue weighted by atomic mass is 16.6. The Labute approximate surface area is 94.4 Å². The van der Waals surface area contributed by atoms with E-state index in [2.05, 4.69) is 15.4 Å². The van der Waals surface area contributed by atoms with Crippen LogP contribution in [0.1, 0.15) is 6.42 Å². The third kappa shape index (κ3) is 2.56. The molecule has 84 valence electrons. The monoisotopic (exact) mass is 218 g/mol. The minimum Gasteiger partial charge on any atom is -0.394 e. The standard InChI is InChI=1S/C11H14N4O/c1-15(2)10-5-3-9(4-6-10)12-13-11-7-8-16-14-11/h3-6H,7-8H2,1-2H3. The molecule has 0 aliphatic carbocycles. The van der Waals surface area contributed by atoms with Crippen LogP contribution in [0, 0.1) is 0 Å². The molecule has 1 aromatic carbocycles. The molecule has 5 heteroatoms. The molecule has 0 atom stereocenters. The number of rotatable bonds is 2. The summed E-state index contributed by atoms with van der Waals surface area (Å²) in [6.07, 6.45) is 0.735. The van der Waals surface area contributed by atoms with Crippen molar-refractivity contribution in [3.05, 3.63) is 24.3 Å². The summed E-state index contributed by atoms with van der Waals surface area (Å²) in [5.41, 5.74) is 1.96. The fourth-order valence-corrected chi connectivity index (χ4v) is 1.30. The summed E-state index contributed by atoms with van der Waals surface area (Å²) in [5.74, 6) is 0.650. The van der Waals surface area contributed by atoms with E-state index in [1.807, 2.05) is 43.3 Å². The summed E-state index contributed by atoms with van der Waals surface area (Å²) in [6, 6.07) is 7.85. The van der Waals surface area contributed by atoms with Gasteiger partial charge in [-0.15, -0.1) is 10.2 Å². The normalized spacial score (nSPS) is 15.0. The molecule has 1 heterocycles. The zero-order valence-electron chi connectivity index (χ0n) is 9.42. The maximum Gasteiger partial charge on any atom is 0.193 e. The van der Waals surface area contributed by atoms with Crippen LogP contribution in [0.5, 0.6) is 0 Å². The second-order valence-electron chi connectivity index (χ2n) is 3.70. The Hall–Kier alpha value is -1.91. The van der Waals surface area contributed by atoms with Crippen LogP contribution in [0.3, 0.4) is 0 Å². The lowest BCUT2D eigenvalue weighted by Crippen LogP contribution is -2.07. The SMILES string of the molecule is CN(C)c1ccc(N=NC2=NOCC2)cc1. The maximum absolute atomic E-state index is 4.82. The Balaban J connectivity index is 2.04. The highest BCUT2D eigenvalue weighted by Crippen LogP contribution is 2.18. The lowest BCUT2D eigenvalue weighted by molar-refractivity contribution is 0.173. The molecule has 0 saturated heterocycles. The van der Waals surface area contributed by atoms with Gasteiger partial charge in [0.25, 0.3) is 0 Å². The zero-order valence-corrected chi connectivity index (χ0v) is 9.42. The number of oxime groups is 1. The van der Waals surface area contributed by atoms with Crippen molar-refractivity contribution in [1.29, 1.82) is 0 Å². The lowest BCUT2D eigenvalue weighted by Gasteiger charge is -2.11. The first kappa shape index (κ1) is 10.6. The molecule has 0 radical (unpaired) electrons. The third-order valence-corrected chi connectivity index (χ3v) is 2.23. The van der Waals surface area contributed by atoms with Crippen molar-refractivity contribution < 1.29 is 4.84 Å². The first-order chi connectivity index (χ1) is 7.75. The van der Waals surface area contributed by atoms with Crippen molar-refractivity contribution in [2.45, 2.75) is 6.42 Å². The summed E-state index contributed by atoms with van der Waals surface area (Å²) < 4.78 is 0. The molecule has 0 spiro atoms. The molecule has 1 aromatic rings. The quantitative estimate of drug-likeness (QED) is 0.716. The molecule has 0 amide bonds. The van der Waals surface area contributed by atoms with Crippen LogP contribution in [0.2, 0.25) is 0 Å². The topological polar surface area (TPSA) is 49.5 Å². The van der Waals surface area contributed by atoms with Gasteiger partial charge in [0.2, 0.25) is 0 Å². The molecule has 1 aliphatic heterocycles. The summed E-state index contributed by atoms with van der Waals surface area (Å²) in [7, 11) is 4.00. The van der Waals surface area contributed by atoms with E-state index in [1.54, 1.807) is 0 Å². The highest BCUT2D eigenvalue weighted by Gasteiger charge is 2.05. The summed E-state index contributed by atoms with van der Waals surface area (Å²) in [4.78, 5) is 6.86. The molecule has 16 heavy (non-hydrogen) atoms. The minimum absolute atomic E-state index is 0.605. The second kappa shape index (κ2) is 4.74. The van der Waals surface area contributed by atoms with Gasteiger partial charge in [0.15, 0.2) is 5.84 Å². The number of benzene rings is 1. The van der Waals surface area contributed by atoms with Crippen LogP contribution in [0.25, 0.3) is 0 Å². The molecule has 1 aliphatic rings. The predicted molar refractivity (Wildman–Crippen MR) is 63.3 cm³/mol. The van der Waals surface area contributed by atoms with Gasteiger partial charge in [-0.2, -0.15) is 0 Å². The predicted octanol–water partition coefficient (Wildman–Crippen LogP) is 2.57. The van der Waals surface area contributed by atoms with Crippen molar-refractivity contribution in [1.82, 2.24) is 0 Å². The Morgan fingerprint density at radius 3 is 2.50 bits per heavy atom. The smallest absolute Gasteiger partial charge is 0.193 e. The van der Waals surface area contributed by atoms with Crippen LogP contribution in [0.4, 0.5) is 11.4 Å². The van der Waals surface area contributed by atoms with E-state index in [0.29, 0.717) is 12.4 Å². The third-order valence-electron chi connectivity index (χ3n) is 2.23.